The Bertz CT molecular complexity index is 5340. The molecule has 0 aliphatic heterocycles. The van der Waals surface area contributed by atoms with Gasteiger partial charge in [-0.05, 0) is 192 Å². The number of nitrogens with zero attached hydrogens (tertiary/aromatic N) is 4. The van der Waals surface area contributed by atoms with E-state index in [4.69, 9.17) is 13.7 Å². The van der Waals surface area contributed by atoms with Gasteiger partial charge in [-0.3, -0.25) is 0 Å². The number of hydrogen-bond donors (Lipinski definition) is 0. The van der Waals surface area contributed by atoms with Crippen LogP contribution in [0.3, 0.4) is 0 Å². The van der Waals surface area contributed by atoms with Gasteiger partial charge in [0, 0.05) is 81.7 Å². The Morgan fingerprint density at radius 2 is 0.676 bits per heavy atom. The molecule has 524 valence electrons. The van der Waals surface area contributed by atoms with Gasteiger partial charge in [0.05, 0.1) is 16.1 Å². The molecule has 0 spiro atoms. The van der Waals surface area contributed by atoms with Gasteiger partial charge in [-0.2, -0.15) is 0 Å². The molecule has 4 aromatic heterocycles. The molecule has 12 rings (SSSR count). The molecule has 12 aromatic rings. The van der Waals surface area contributed by atoms with Crippen LogP contribution >= 0.6 is 0 Å². The molecule has 0 amide bonds. The second kappa shape index (κ2) is 32.4. The molecule has 0 radical (unpaired) electrons. The summed E-state index contributed by atoms with van der Waals surface area (Å²) in [7, 11) is 4.91. The summed E-state index contributed by atoms with van der Waals surface area (Å²) in [6.07, 6.45) is 5.26. The van der Waals surface area contributed by atoms with Gasteiger partial charge in [-0.1, -0.05) is 251 Å². The van der Waals surface area contributed by atoms with E-state index < -0.39 is 53.4 Å². The maximum Gasteiger partial charge on any atom is 0.212 e. The van der Waals surface area contributed by atoms with Gasteiger partial charge < -0.3 is 0 Å². The number of pyridine rings is 4. The predicted octanol–water partition coefficient (Wildman–Crippen LogP) is 22.1. The lowest BCUT2D eigenvalue weighted by molar-refractivity contribution is -0.661. The second-order valence-electron chi connectivity index (χ2n) is 31.8. The van der Waals surface area contributed by atoms with Crippen LogP contribution in [0, 0.1) is 66.1 Å². The summed E-state index contributed by atoms with van der Waals surface area (Å²) in [4.78, 5) is 0. The Kier molecular flexibility index (Phi) is 20.2. The van der Waals surface area contributed by atoms with Gasteiger partial charge in [0.15, 0.2) is 24.8 Å². The van der Waals surface area contributed by atoms with Crippen molar-refractivity contribution in [2.24, 2.45) is 39.0 Å². The number of benzene rings is 8. The molecule has 0 aliphatic carbocycles. The monoisotopic (exact) mass is 1390 g/mol. The van der Waals surface area contributed by atoms with E-state index in [1.54, 1.807) is 6.20 Å². The molecular formula is C96H116N4Si2+4. The molecule has 0 saturated heterocycles. The third kappa shape index (κ3) is 19.7. The summed E-state index contributed by atoms with van der Waals surface area (Å²) in [5, 5.41) is 2.59. The van der Waals surface area contributed by atoms with Crippen LogP contribution in [-0.2, 0) is 40.9 Å². The van der Waals surface area contributed by atoms with Crippen LogP contribution in [0.2, 0.25) is 39.3 Å². The first-order chi connectivity index (χ1) is 52.0. The molecule has 4 heterocycles. The highest BCUT2D eigenvalue weighted by Crippen LogP contribution is 2.35. The lowest BCUT2D eigenvalue weighted by atomic mass is 9.86. The van der Waals surface area contributed by atoms with Crippen LogP contribution in [-0.4, -0.2) is 16.1 Å². The zero-order valence-corrected chi connectivity index (χ0v) is 66.9. The van der Waals surface area contributed by atoms with E-state index in [1.807, 2.05) is 166 Å². The average molecular weight is 1390 g/mol. The first-order valence-electron chi connectivity index (χ1n) is 40.8. The number of aromatic nitrogens is 4. The fraction of sp³-hybridized carbons (Fsp3) is 0.292. The van der Waals surface area contributed by atoms with Gasteiger partial charge >= 0.3 is 0 Å². The molecule has 102 heavy (non-hydrogen) atoms. The van der Waals surface area contributed by atoms with E-state index in [1.165, 1.54) is 54.9 Å². The Morgan fingerprint density at radius 3 is 1.09 bits per heavy atom. The quantitative estimate of drug-likeness (QED) is 0.0856. The highest BCUT2D eigenvalue weighted by Gasteiger charge is 2.30. The van der Waals surface area contributed by atoms with Crippen molar-refractivity contribution in [1.29, 1.82) is 0 Å². The number of hydrogen-bond acceptors (Lipinski definition) is 0. The maximum absolute atomic E-state index is 9.08. The van der Waals surface area contributed by atoms with E-state index >= 15 is 0 Å². The lowest BCUT2D eigenvalue weighted by Gasteiger charge is -2.25. The Balaban J connectivity index is 0.000000172. The molecule has 6 heteroatoms. The van der Waals surface area contributed by atoms with E-state index in [9.17, 15) is 0 Å². The molecule has 0 unspecified atom stereocenters. The Labute approximate surface area is 631 Å². The van der Waals surface area contributed by atoms with Crippen LogP contribution in [0.4, 0.5) is 0 Å². The third-order valence-corrected chi connectivity index (χ3v) is 22.7. The molecule has 4 nitrogen and oxygen atoms in total. The molecular weight excluding hydrogens is 1270 g/mol. The minimum absolute atomic E-state index is 0.399. The van der Waals surface area contributed by atoms with Crippen molar-refractivity contribution >= 4 is 26.5 Å². The summed E-state index contributed by atoms with van der Waals surface area (Å²) >= 11 is 0. The van der Waals surface area contributed by atoms with E-state index in [2.05, 4.69) is 240 Å². The van der Waals surface area contributed by atoms with Crippen molar-refractivity contribution in [2.75, 3.05) is 0 Å². The predicted molar refractivity (Wildman–Crippen MR) is 444 cm³/mol. The second-order valence-corrected chi connectivity index (χ2v) is 41.9. The van der Waals surface area contributed by atoms with Crippen molar-refractivity contribution in [3.63, 3.8) is 0 Å². The zero-order chi connectivity index (χ0) is 82.8. The standard InChI is InChI=1S/C27H36NSi.C25H30N.C23H28NSi.C21H22N/c1-20-14-15-22(21-12-10-9-11-13-21)16-24(20)25-17-23(18-27(2,3)4)26(19-28(25)5)29(6,7)8;1-18-12-13-21(20-10-8-7-9-11-20)15-23(18)24-14-19(2)22(17-26(24)6)16-25(3,4)5;1-17-14-18(2)22(15-21(17)19-10-8-7-9-11-19)23-13-12-20(16-24(23)3)25(4,5)6;1-15-10-11-19(18-8-6-5-7-9-18)13-20(15)21-12-16(2)17(3)14-22(21)4/h9-17,19H,18H2,1-8H3;7-15,17H,16H2,1-6H3;7-16H,1-6H3;5-14H,1-4H3/q4*+1/i18D2;16D2;1D3;3D3. The summed E-state index contributed by atoms with van der Waals surface area (Å²) in [5.41, 5.74) is 25.3. The summed E-state index contributed by atoms with van der Waals surface area (Å²) in [6, 6.07) is 74.9. The van der Waals surface area contributed by atoms with Crippen LogP contribution in [0.1, 0.15) is 111 Å². The lowest BCUT2D eigenvalue weighted by Crippen LogP contribution is -2.47. The Morgan fingerprint density at radius 1 is 0.294 bits per heavy atom. The van der Waals surface area contributed by atoms with Crippen molar-refractivity contribution in [2.45, 2.75) is 149 Å². The largest absolute Gasteiger partial charge is 0.212 e. The topological polar surface area (TPSA) is 15.5 Å². The first kappa shape index (κ1) is 63.7. The minimum atomic E-state index is -2.15. The fourth-order valence-corrected chi connectivity index (χ4v) is 15.6. The fourth-order valence-electron chi connectivity index (χ4n) is 12.9. The number of rotatable bonds is 12. The summed E-state index contributed by atoms with van der Waals surface area (Å²) in [6.45, 7) is 33.7. The van der Waals surface area contributed by atoms with Crippen LogP contribution in [0.25, 0.3) is 89.5 Å². The highest BCUT2D eigenvalue weighted by molar-refractivity contribution is 6.89. The summed E-state index contributed by atoms with van der Waals surface area (Å²) in [5.74, 6) is 0. The molecule has 0 atom stereocenters. The minimum Gasteiger partial charge on any atom is -0.201 e. The van der Waals surface area contributed by atoms with E-state index in [0.717, 1.165) is 89.5 Å². The van der Waals surface area contributed by atoms with E-state index in [0.29, 0.717) is 11.1 Å². The first-order valence-corrected chi connectivity index (χ1v) is 42.8. The van der Waals surface area contributed by atoms with Gasteiger partial charge in [0.1, 0.15) is 28.2 Å². The molecule has 0 fully saturated rings. The van der Waals surface area contributed by atoms with Crippen LogP contribution < -0.4 is 28.6 Å². The van der Waals surface area contributed by atoms with Crippen molar-refractivity contribution < 1.29 is 32.0 Å². The van der Waals surface area contributed by atoms with Gasteiger partial charge in [0.25, 0.3) is 0 Å². The smallest absolute Gasteiger partial charge is 0.201 e. The van der Waals surface area contributed by atoms with Gasteiger partial charge in [-0.15, -0.1) is 0 Å². The van der Waals surface area contributed by atoms with Crippen molar-refractivity contribution in [1.82, 2.24) is 0 Å². The normalized spacial score (nSPS) is 13.6. The third-order valence-electron chi connectivity index (χ3n) is 18.6. The van der Waals surface area contributed by atoms with E-state index in [-0.39, 0.29) is 0 Å². The Hall–Kier alpha value is -9.21. The zero-order valence-electron chi connectivity index (χ0n) is 74.9. The maximum atomic E-state index is 9.08. The molecule has 0 bridgehead atoms. The average Bonchev–Trinajstić information content (AvgIpc) is 0.752. The van der Waals surface area contributed by atoms with Crippen LogP contribution in [0.15, 0.2) is 243 Å². The van der Waals surface area contributed by atoms with Crippen molar-refractivity contribution in [3.8, 4) is 89.5 Å². The summed E-state index contributed by atoms with van der Waals surface area (Å²) < 4.78 is 90.9. The van der Waals surface area contributed by atoms with Gasteiger partial charge in [0.2, 0.25) is 22.8 Å². The molecule has 0 aliphatic rings. The van der Waals surface area contributed by atoms with Gasteiger partial charge in [-0.25, -0.2) is 18.3 Å². The molecule has 0 N–H and O–H groups in total. The SMILES string of the molecule is [2H]C([2H])([2H])c1c[n+](C)c(-c2cc(-c3ccccc3)ccc2C)cc1C.[2H]C([2H])([2H])c1cc(C)c(-c2ccc([Si](C)(C)C)c[n+]2C)cc1-c1ccccc1.[2H]C([2H])(c1c[n+](C)c(-c2cc(-c3ccccc3)ccc2C)cc1C)C(C)(C)C.[2H]C([2H])(c1cc(-c2cc(-c3ccccc3)ccc2C)[n+](C)cc1[Si](C)(C)C)C(C)(C)C. The highest BCUT2D eigenvalue weighted by atomic mass is 28.3. The molecule has 8 aromatic carbocycles. The molecule has 0 saturated carbocycles. The number of aryl methyl sites for hydroxylation is 12. The van der Waals surface area contributed by atoms with Crippen LogP contribution in [0.5, 0.6) is 0 Å². The van der Waals surface area contributed by atoms with Crippen molar-refractivity contribution in [3.05, 3.63) is 299 Å².